The SMILES string of the molecule is NCCCCC(NC(=O)C1Cc2ccccc2CN1C(=O)CCC(=O)c1ccccc1)C(=O)NCC(c1ccccc1)c1ccccc1.O=C(O)C(F)(F)F. The molecule has 10 nitrogen and oxygen atoms in total. The van der Waals surface area contributed by atoms with Crippen LogP contribution in [0.5, 0.6) is 0 Å². The molecule has 0 fully saturated rings. The number of amides is 3. The van der Waals surface area contributed by atoms with E-state index in [9.17, 15) is 32.3 Å². The molecule has 0 bridgehead atoms. The Balaban J connectivity index is 0.000000876. The van der Waals surface area contributed by atoms with Crippen LogP contribution in [0.2, 0.25) is 0 Å². The Bertz CT molecular complexity index is 1840. The van der Waals surface area contributed by atoms with Crippen LogP contribution in [0.4, 0.5) is 13.2 Å². The molecule has 4 aromatic carbocycles. The first-order chi connectivity index (χ1) is 26.4. The molecule has 5 rings (SSSR count). The number of aliphatic carboxylic acids is 1. The van der Waals surface area contributed by atoms with Crippen LogP contribution in [-0.4, -0.2) is 70.8 Å². The van der Waals surface area contributed by atoms with Crippen molar-refractivity contribution in [2.24, 2.45) is 5.73 Å². The minimum Gasteiger partial charge on any atom is -0.475 e. The quantitative estimate of drug-likeness (QED) is 0.0882. The molecule has 290 valence electrons. The van der Waals surface area contributed by atoms with Crippen molar-refractivity contribution in [2.75, 3.05) is 13.1 Å². The minimum atomic E-state index is -5.08. The van der Waals surface area contributed by atoms with Crippen molar-refractivity contribution in [3.63, 3.8) is 0 Å². The standard InChI is InChI=1S/C40H44N4O4.C2HF3O2/c41-25-13-12-22-35(39(47)42-27-34(29-14-4-1-5-15-29)30-16-6-2-7-17-30)43-40(48)36-26-32-20-10-11-21-33(32)28-44(36)38(46)24-23-37(45)31-18-8-3-9-19-31;3-2(4,5)1(6)7/h1-11,14-21,34-36H,12-13,22-28,41H2,(H,42,47)(H,43,48);(H,6,7). The van der Waals surface area contributed by atoms with Gasteiger partial charge in [-0.2, -0.15) is 13.2 Å². The largest absolute Gasteiger partial charge is 0.490 e. The van der Waals surface area contributed by atoms with Gasteiger partial charge in [0.05, 0.1) is 0 Å². The molecule has 0 saturated carbocycles. The second kappa shape index (κ2) is 20.6. The fraction of sp³-hybridized carbons (Fsp3) is 0.310. The van der Waals surface area contributed by atoms with Gasteiger partial charge >= 0.3 is 12.1 Å². The maximum Gasteiger partial charge on any atom is 0.490 e. The smallest absolute Gasteiger partial charge is 0.475 e. The van der Waals surface area contributed by atoms with Gasteiger partial charge in [-0.1, -0.05) is 115 Å². The van der Waals surface area contributed by atoms with E-state index in [1.807, 2.05) is 91.0 Å². The first-order valence-electron chi connectivity index (χ1n) is 18.0. The predicted molar refractivity (Wildman–Crippen MR) is 201 cm³/mol. The zero-order chi connectivity index (χ0) is 39.8. The van der Waals surface area contributed by atoms with Gasteiger partial charge in [0, 0.05) is 43.8 Å². The van der Waals surface area contributed by atoms with Crippen LogP contribution in [0.1, 0.15) is 70.6 Å². The number of Topliss-reactive ketones (excluding diaryl/α,β-unsaturated/α-hetero) is 1. The Morgan fingerprint density at radius 2 is 1.29 bits per heavy atom. The lowest BCUT2D eigenvalue weighted by atomic mass is 9.91. The third-order valence-corrected chi connectivity index (χ3v) is 9.24. The number of halogens is 3. The Labute approximate surface area is 317 Å². The van der Waals surface area contributed by atoms with Gasteiger partial charge in [-0.3, -0.25) is 19.2 Å². The molecule has 55 heavy (non-hydrogen) atoms. The van der Waals surface area contributed by atoms with Crippen molar-refractivity contribution in [3.05, 3.63) is 143 Å². The van der Waals surface area contributed by atoms with Crippen LogP contribution in [0.15, 0.2) is 115 Å². The highest BCUT2D eigenvalue weighted by molar-refractivity contribution is 5.98. The number of alkyl halides is 3. The third kappa shape index (κ3) is 12.6. The Morgan fingerprint density at radius 1 is 0.764 bits per heavy atom. The van der Waals surface area contributed by atoms with Gasteiger partial charge in [0.2, 0.25) is 17.7 Å². The zero-order valence-corrected chi connectivity index (χ0v) is 30.2. The lowest BCUT2D eigenvalue weighted by Crippen LogP contribution is -2.57. The summed E-state index contributed by atoms with van der Waals surface area (Å²) in [6.07, 6.45) is -2.94. The molecule has 2 atom stereocenters. The molecule has 1 aliphatic heterocycles. The number of ketones is 1. The topological polar surface area (TPSA) is 159 Å². The van der Waals surface area contributed by atoms with Gasteiger partial charge in [-0.05, 0) is 48.1 Å². The maximum absolute atomic E-state index is 14.0. The van der Waals surface area contributed by atoms with Crippen molar-refractivity contribution in [2.45, 2.75) is 69.2 Å². The molecule has 1 heterocycles. The predicted octanol–water partition coefficient (Wildman–Crippen LogP) is 5.80. The number of hydrogen-bond donors (Lipinski definition) is 4. The highest BCUT2D eigenvalue weighted by atomic mass is 19.4. The number of carbonyl (C=O) groups is 5. The normalized spacial score (nSPS) is 14.1. The van der Waals surface area contributed by atoms with Gasteiger partial charge in [0.1, 0.15) is 12.1 Å². The number of benzene rings is 4. The molecule has 1 aliphatic rings. The molecule has 4 aromatic rings. The van der Waals surface area contributed by atoms with Crippen LogP contribution >= 0.6 is 0 Å². The van der Waals surface area contributed by atoms with Crippen LogP contribution < -0.4 is 16.4 Å². The van der Waals surface area contributed by atoms with Crippen molar-refractivity contribution < 1.29 is 42.3 Å². The average molecular weight is 759 g/mol. The Kier molecular flexibility index (Phi) is 15.7. The number of fused-ring (bicyclic) bond motifs is 1. The van der Waals surface area contributed by atoms with E-state index in [1.165, 1.54) is 0 Å². The molecule has 0 spiro atoms. The average Bonchev–Trinajstić information content (AvgIpc) is 3.20. The molecular weight excluding hydrogens is 713 g/mol. The van der Waals surface area contributed by atoms with E-state index in [-0.39, 0.29) is 48.8 Å². The number of rotatable bonds is 15. The van der Waals surface area contributed by atoms with E-state index in [0.29, 0.717) is 44.3 Å². The molecule has 13 heteroatoms. The van der Waals surface area contributed by atoms with Crippen molar-refractivity contribution in [3.8, 4) is 0 Å². The fourth-order valence-electron chi connectivity index (χ4n) is 6.31. The summed E-state index contributed by atoms with van der Waals surface area (Å²) in [5, 5.41) is 13.2. The summed E-state index contributed by atoms with van der Waals surface area (Å²) < 4.78 is 31.7. The summed E-state index contributed by atoms with van der Waals surface area (Å²) in [7, 11) is 0. The van der Waals surface area contributed by atoms with Crippen LogP contribution in [0.25, 0.3) is 0 Å². The maximum atomic E-state index is 14.0. The lowest BCUT2D eigenvalue weighted by molar-refractivity contribution is -0.192. The molecule has 3 amide bonds. The summed E-state index contributed by atoms with van der Waals surface area (Å²) in [5.74, 6) is -3.89. The molecule has 2 unspecified atom stereocenters. The lowest BCUT2D eigenvalue weighted by Gasteiger charge is -2.37. The number of nitrogens with two attached hydrogens (primary N) is 1. The monoisotopic (exact) mass is 758 g/mol. The number of hydrogen-bond acceptors (Lipinski definition) is 6. The first kappa shape index (κ1) is 41.9. The highest BCUT2D eigenvalue weighted by Crippen LogP contribution is 2.26. The van der Waals surface area contributed by atoms with E-state index in [1.54, 1.807) is 29.2 Å². The Hall–Kier alpha value is -5.82. The molecule has 0 radical (unpaired) electrons. The fourth-order valence-corrected chi connectivity index (χ4v) is 6.31. The van der Waals surface area contributed by atoms with E-state index in [4.69, 9.17) is 15.6 Å². The van der Waals surface area contributed by atoms with Crippen LogP contribution in [0.3, 0.4) is 0 Å². The number of carboxylic acids is 1. The number of nitrogens with one attached hydrogen (secondary N) is 2. The van der Waals surface area contributed by atoms with Gasteiger partial charge in [-0.15, -0.1) is 0 Å². The first-order valence-corrected chi connectivity index (χ1v) is 18.0. The summed E-state index contributed by atoms with van der Waals surface area (Å²) >= 11 is 0. The van der Waals surface area contributed by atoms with E-state index in [2.05, 4.69) is 10.6 Å². The minimum absolute atomic E-state index is 0.0134. The van der Waals surface area contributed by atoms with Crippen molar-refractivity contribution in [1.82, 2.24) is 15.5 Å². The molecule has 0 aliphatic carbocycles. The van der Waals surface area contributed by atoms with E-state index >= 15 is 0 Å². The summed E-state index contributed by atoms with van der Waals surface area (Å²) in [4.78, 5) is 64.7. The highest BCUT2D eigenvalue weighted by Gasteiger charge is 2.38. The third-order valence-electron chi connectivity index (χ3n) is 9.24. The van der Waals surface area contributed by atoms with Gasteiger partial charge in [-0.25, -0.2) is 4.79 Å². The van der Waals surface area contributed by atoms with Gasteiger partial charge in [0.15, 0.2) is 5.78 Å². The molecule has 0 aromatic heterocycles. The molecule has 5 N–H and O–H groups in total. The van der Waals surface area contributed by atoms with E-state index < -0.39 is 24.2 Å². The molecule has 0 saturated heterocycles. The summed E-state index contributed by atoms with van der Waals surface area (Å²) in [5.41, 5.74) is 10.4. The Morgan fingerprint density at radius 3 is 1.84 bits per heavy atom. The second-order valence-corrected chi connectivity index (χ2v) is 13.1. The zero-order valence-electron chi connectivity index (χ0n) is 30.2. The number of unbranched alkanes of at least 4 members (excludes halogenated alkanes) is 1. The van der Waals surface area contributed by atoms with E-state index in [0.717, 1.165) is 22.3 Å². The second-order valence-electron chi connectivity index (χ2n) is 13.1. The number of nitrogens with zero attached hydrogens (tertiary/aromatic N) is 1. The van der Waals surface area contributed by atoms with Crippen molar-refractivity contribution >= 4 is 29.5 Å². The molecular formula is C42H45F3N4O6. The van der Waals surface area contributed by atoms with Gasteiger partial charge < -0.3 is 26.4 Å². The summed E-state index contributed by atoms with van der Waals surface area (Å²) in [6, 6.07) is 35.1. The van der Waals surface area contributed by atoms with Crippen LogP contribution in [-0.2, 0) is 32.1 Å². The number of carbonyl (C=O) groups excluding carboxylic acids is 4. The van der Waals surface area contributed by atoms with Gasteiger partial charge in [0.25, 0.3) is 0 Å². The summed E-state index contributed by atoms with van der Waals surface area (Å²) in [6.45, 7) is 1.09. The van der Waals surface area contributed by atoms with Crippen LogP contribution in [0, 0.1) is 0 Å². The van der Waals surface area contributed by atoms with Crippen molar-refractivity contribution in [1.29, 1.82) is 0 Å². The number of carboxylic acid groups (broad SMARTS) is 1.